The topological polar surface area (TPSA) is 84.5 Å². The van der Waals surface area contributed by atoms with Gasteiger partial charge in [0.2, 0.25) is 0 Å². The number of urea groups is 1. The minimum atomic E-state index is -0.291. The van der Waals surface area contributed by atoms with E-state index in [0.29, 0.717) is 12.8 Å². The summed E-state index contributed by atoms with van der Waals surface area (Å²) in [5, 5.41) is 5.52. The second-order valence-corrected chi connectivity index (χ2v) is 8.19. The molecule has 4 atom stereocenters. The lowest BCUT2D eigenvalue weighted by atomic mass is 9.80. The summed E-state index contributed by atoms with van der Waals surface area (Å²) in [6.45, 7) is 1.86. The van der Waals surface area contributed by atoms with Crippen LogP contribution in [0.5, 0.6) is 0 Å². The summed E-state index contributed by atoms with van der Waals surface area (Å²) in [5.74, 6) is -0.274. The van der Waals surface area contributed by atoms with Gasteiger partial charge in [-0.15, -0.1) is 11.6 Å². The summed E-state index contributed by atoms with van der Waals surface area (Å²) in [6.07, 6.45) is 7.49. The average Bonchev–Trinajstić information content (AvgIpc) is 2.62. The van der Waals surface area contributed by atoms with Crippen molar-refractivity contribution in [2.75, 3.05) is 13.7 Å². The summed E-state index contributed by atoms with van der Waals surface area (Å²) in [5.41, 5.74) is 0. The average molecular weight is 387 g/mol. The SMILES string of the molecule is COC(=O)[C@H](CNC(=O)NC1CCC(C(C)=O)C(Cl)C1)C1CCCCC1. The first kappa shape index (κ1) is 21.0. The quantitative estimate of drug-likeness (QED) is 0.542. The van der Waals surface area contributed by atoms with Gasteiger partial charge in [0, 0.05) is 23.9 Å². The third kappa shape index (κ3) is 5.86. The molecule has 2 fully saturated rings. The molecule has 148 valence electrons. The summed E-state index contributed by atoms with van der Waals surface area (Å²) < 4.78 is 4.94. The molecule has 0 bridgehead atoms. The number of esters is 1. The van der Waals surface area contributed by atoms with Crippen molar-refractivity contribution in [3.63, 3.8) is 0 Å². The van der Waals surface area contributed by atoms with Crippen molar-refractivity contribution in [3.05, 3.63) is 0 Å². The highest BCUT2D eigenvalue weighted by Crippen LogP contribution is 2.31. The zero-order valence-corrected chi connectivity index (χ0v) is 16.5. The molecule has 0 aromatic carbocycles. The largest absolute Gasteiger partial charge is 0.469 e. The van der Waals surface area contributed by atoms with Crippen LogP contribution in [0.3, 0.4) is 0 Å². The van der Waals surface area contributed by atoms with Crippen molar-refractivity contribution < 1.29 is 19.1 Å². The smallest absolute Gasteiger partial charge is 0.315 e. The number of alkyl halides is 1. The monoisotopic (exact) mass is 386 g/mol. The number of halogens is 1. The van der Waals surface area contributed by atoms with Gasteiger partial charge in [0.15, 0.2) is 0 Å². The molecule has 2 amide bonds. The van der Waals surface area contributed by atoms with Crippen molar-refractivity contribution in [2.24, 2.45) is 17.8 Å². The predicted molar refractivity (Wildman–Crippen MR) is 100 cm³/mol. The number of methoxy groups -OCH3 is 1. The maximum atomic E-state index is 12.2. The van der Waals surface area contributed by atoms with Gasteiger partial charge in [-0.2, -0.15) is 0 Å². The Kier molecular flexibility index (Phi) is 8.19. The minimum absolute atomic E-state index is 0.0423. The number of ether oxygens (including phenoxy) is 1. The molecule has 2 saturated carbocycles. The normalized spacial score (nSPS) is 28.0. The van der Waals surface area contributed by atoms with Gasteiger partial charge < -0.3 is 15.4 Å². The molecule has 0 radical (unpaired) electrons. The van der Waals surface area contributed by atoms with Crippen molar-refractivity contribution in [1.82, 2.24) is 10.6 Å². The van der Waals surface area contributed by atoms with E-state index in [9.17, 15) is 14.4 Å². The molecule has 2 aliphatic rings. The van der Waals surface area contributed by atoms with E-state index in [-0.39, 0.29) is 53.5 Å². The van der Waals surface area contributed by atoms with Gasteiger partial charge in [0.05, 0.1) is 13.0 Å². The van der Waals surface area contributed by atoms with Crippen LogP contribution >= 0.6 is 11.6 Å². The molecule has 6 nitrogen and oxygen atoms in total. The maximum Gasteiger partial charge on any atom is 0.315 e. The lowest BCUT2D eigenvalue weighted by Gasteiger charge is -2.32. The number of carbonyl (C=O) groups is 3. The molecule has 2 aliphatic carbocycles. The molecule has 0 aromatic heterocycles. The van der Waals surface area contributed by atoms with E-state index in [1.165, 1.54) is 13.5 Å². The van der Waals surface area contributed by atoms with Gasteiger partial charge >= 0.3 is 12.0 Å². The van der Waals surface area contributed by atoms with Crippen LogP contribution < -0.4 is 10.6 Å². The number of ketones is 1. The summed E-state index contributed by atoms with van der Waals surface area (Å²) in [7, 11) is 1.40. The van der Waals surface area contributed by atoms with Crippen LogP contribution in [-0.2, 0) is 14.3 Å². The van der Waals surface area contributed by atoms with E-state index < -0.39 is 0 Å². The summed E-state index contributed by atoms with van der Waals surface area (Å²) in [6, 6.07) is -0.329. The Morgan fingerprint density at radius 1 is 1.12 bits per heavy atom. The Labute approximate surface area is 160 Å². The van der Waals surface area contributed by atoms with Crippen LogP contribution in [0, 0.1) is 17.8 Å². The van der Waals surface area contributed by atoms with Gasteiger partial charge in [-0.05, 0) is 44.9 Å². The molecule has 0 heterocycles. The third-order valence-corrected chi connectivity index (χ3v) is 6.32. The lowest BCUT2D eigenvalue weighted by Crippen LogP contribution is -2.48. The Balaban J connectivity index is 1.80. The van der Waals surface area contributed by atoms with Gasteiger partial charge in [0.1, 0.15) is 5.78 Å². The second-order valence-electron chi connectivity index (χ2n) is 7.63. The minimum Gasteiger partial charge on any atom is -0.469 e. The van der Waals surface area contributed by atoms with E-state index in [1.54, 1.807) is 6.92 Å². The van der Waals surface area contributed by atoms with Crippen LogP contribution in [0.2, 0.25) is 0 Å². The highest BCUT2D eigenvalue weighted by molar-refractivity contribution is 6.22. The first-order valence-corrected chi connectivity index (χ1v) is 10.1. The molecule has 0 spiro atoms. The maximum absolute atomic E-state index is 12.2. The van der Waals surface area contributed by atoms with E-state index in [4.69, 9.17) is 16.3 Å². The first-order chi connectivity index (χ1) is 12.4. The van der Waals surface area contributed by atoms with Crippen molar-refractivity contribution in [1.29, 1.82) is 0 Å². The van der Waals surface area contributed by atoms with Crippen LogP contribution in [0.1, 0.15) is 58.3 Å². The molecule has 3 unspecified atom stereocenters. The van der Waals surface area contributed by atoms with Crippen LogP contribution in [0.25, 0.3) is 0 Å². The van der Waals surface area contributed by atoms with Crippen molar-refractivity contribution >= 4 is 29.4 Å². The molecule has 2 rings (SSSR count). The number of Topliss-reactive ketones (excluding diaryl/α,β-unsaturated/α-hetero) is 1. The highest BCUT2D eigenvalue weighted by atomic mass is 35.5. The van der Waals surface area contributed by atoms with E-state index >= 15 is 0 Å². The van der Waals surface area contributed by atoms with E-state index in [1.807, 2.05) is 0 Å². The Morgan fingerprint density at radius 3 is 2.38 bits per heavy atom. The third-order valence-electron chi connectivity index (χ3n) is 5.84. The molecule has 2 N–H and O–H groups in total. The van der Waals surface area contributed by atoms with Crippen molar-refractivity contribution in [3.8, 4) is 0 Å². The summed E-state index contributed by atoms with van der Waals surface area (Å²) in [4.78, 5) is 35.9. The first-order valence-electron chi connectivity index (χ1n) is 9.69. The fraction of sp³-hybridized carbons (Fsp3) is 0.842. The van der Waals surface area contributed by atoms with Gasteiger partial charge in [-0.25, -0.2) is 4.79 Å². The number of carbonyl (C=O) groups excluding carboxylic acids is 3. The van der Waals surface area contributed by atoms with Gasteiger partial charge in [-0.1, -0.05) is 19.3 Å². The van der Waals surface area contributed by atoms with E-state index in [0.717, 1.165) is 32.1 Å². The molecule has 0 aromatic rings. The highest BCUT2D eigenvalue weighted by Gasteiger charge is 2.33. The van der Waals surface area contributed by atoms with Crippen molar-refractivity contribution in [2.45, 2.75) is 69.7 Å². The Hall–Kier alpha value is -1.30. The molecule has 7 heteroatoms. The number of amides is 2. The fourth-order valence-electron chi connectivity index (χ4n) is 4.27. The predicted octanol–water partition coefficient (Wildman–Crippen LogP) is 3.02. The van der Waals surface area contributed by atoms with Gasteiger partial charge in [0.25, 0.3) is 0 Å². The van der Waals surface area contributed by atoms with Crippen LogP contribution in [0.4, 0.5) is 4.79 Å². The fourth-order valence-corrected chi connectivity index (χ4v) is 4.79. The molecular weight excluding hydrogens is 356 g/mol. The zero-order valence-electron chi connectivity index (χ0n) is 15.8. The lowest BCUT2D eigenvalue weighted by molar-refractivity contribution is -0.147. The Morgan fingerprint density at radius 2 is 1.81 bits per heavy atom. The zero-order chi connectivity index (χ0) is 19.1. The van der Waals surface area contributed by atoms with Crippen LogP contribution in [-0.4, -0.2) is 42.9 Å². The molecule has 26 heavy (non-hydrogen) atoms. The summed E-state index contributed by atoms with van der Waals surface area (Å²) >= 11 is 6.29. The number of hydrogen-bond donors (Lipinski definition) is 2. The van der Waals surface area contributed by atoms with E-state index in [2.05, 4.69) is 10.6 Å². The number of rotatable bonds is 6. The molecule has 0 aliphatic heterocycles. The molecular formula is C19H31ClN2O4. The standard InChI is InChI=1S/C19H31ClN2O4/c1-12(23)15-9-8-14(10-17(15)20)22-19(25)21-11-16(18(24)26-2)13-6-4-3-5-7-13/h13-17H,3-11H2,1-2H3,(H2,21,22,25)/t14?,15?,16-,17?/m1/s1. The second kappa shape index (κ2) is 10.1. The number of nitrogens with one attached hydrogen (secondary N) is 2. The molecule has 0 saturated heterocycles. The number of hydrogen-bond acceptors (Lipinski definition) is 4. The van der Waals surface area contributed by atoms with Crippen LogP contribution in [0.15, 0.2) is 0 Å². The van der Waals surface area contributed by atoms with Gasteiger partial charge in [-0.3, -0.25) is 9.59 Å². The Bertz CT molecular complexity index is 508.